The Morgan fingerprint density at radius 2 is 1.76 bits per heavy atom. The van der Waals surface area contributed by atoms with Crippen molar-refractivity contribution in [2.45, 2.75) is 20.8 Å². The second kappa shape index (κ2) is 9.57. The van der Waals surface area contributed by atoms with Gasteiger partial charge in [-0.3, -0.25) is 0 Å². The molecule has 0 aliphatic carbocycles. The third kappa shape index (κ3) is 7.47. The summed E-state index contributed by atoms with van der Waals surface area (Å²) in [5.74, 6) is -0.283. The zero-order chi connectivity index (χ0) is 13.3. The normalized spacial score (nSPS) is 9.76. The Bertz CT molecular complexity index is 332. The molecular weight excluding hydrogens is 253 g/mol. The molecular formula is C13H20FNS2. The molecule has 0 aliphatic heterocycles. The molecule has 0 saturated carbocycles. The number of rotatable bonds is 4. The fourth-order valence-corrected chi connectivity index (χ4v) is 1.56. The summed E-state index contributed by atoms with van der Waals surface area (Å²) in [6, 6.07) is 6.05. The van der Waals surface area contributed by atoms with Gasteiger partial charge in [0.25, 0.3) is 0 Å². The molecule has 0 heterocycles. The van der Waals surface area contributed by atoms with Crippen LogP contribution in [0.15, 0.2) is 24.3 Å². The Balaban J connectivity index is 0.000000325. The van der Waals surface area contributed by atoms with E-state index in [1.54, 1.807) is 12.1 Å². The fourth-order valence-electron chi connectivity index (χ4n) is 1.29. The molecule has 0 fully saturated rings. The van der Waals surface area contributed by atoms with Crippen molar-refractivity contribution in [2.24, 2.45) is 0 Å². The smallest absolute Gasteiger partial charge is 0.123 e. The predicted molar refractivity (Wildman–Crippen MR) is 80.5 cm³/mol. The zero-order valence-corrected chi connectivity index (χ0v) is 12.3. The molecule has 0 aliphatic rings. The standard InChI is InChI=1S/C7H5FS2.C6H15N/c8-6-3-1-2-5(4-6)7(9)10;1-4-7(5-2)6-3/h1-4H,(H,9,10);4-6H2,1-3H3. The summed E-state index contributed by atoms with van der Waals surface area (Å²) >= 11 is 8.62. The maximum Gasteiger partial charge on any atom is 0.123 e. The average molecular weight is 273 g/mol. The van der Waals surface area contributed by atoms with Gasteiger partial charge in [-0.1, -0.05) is 45.1 Å². The Hall–Kier alpha value is -0.450. The van der Waals surface area contributed by atoms with E-state index in [2.05, 4.69) is 38.3 Å². The van der Waals surface area contributed by atoms with Crippen LogP contribution >= 0.6 is 24.8 Å². The monoisotopic (exact) mass is 273 g/mol. The van der Waals surface area contributed by atoms with Gasteiger partial charge in [-0.25, -0.2) is 4.39 Å². The van der Waals surface area contributed by atoms with E-state index in [0.29, 0.717) is 9.76 Å². The maximum atomic E-state index is 12.4. The minimum atomic E-state index is -0.283. The number of benzene rings is 1. The Morgan fingerprint density at radius 3 is 2.00 bits per heavy atom. The molecule has 0 amide bonds. The summed E-state index contributed by atoms with van der Waals surface area (Å²) in [5.41, 5.74) is 0.651. The quantitative estimate of drug-likeness (QED) is 0.657. The van der Waals surface area contributed by atoms with Gasteiger partial charge in [0.15, 0.2) is 0 Å². The molecule has 0 unspecified atom stereocenters. The first-order valence-electron chi connectivity index (χ1n) is 5.76. The molecule has 1 rings (SSSR count). The van der Waals surface area contributed by atoms with Crippen LogP contribution in [0.1, 0.15) is 26.3 Å². The van der Waals surface area contributed by atoms with Crippen LogP contribution in [-0.4, -0.2) is 28.7 Å². The van der Waals surface area contributed by atoms with Gasteiger partial charge in [0.2, 0.25) is 0 Å². The minimum Gasteiger partial charge on any atom is -0.304 e. The summed E-state index contributed by atoms with van der Waals surface area (Å²) in [6.07, 6.45) is 0. The molecule has 1 nitrogen and oxygen atoms in total. The highest BCUT2D eigenvalue weighted by molar-refractivity contribution is 8.11. The molecule has 1 aromatic rings. The van der Waals surface area contributed by atoms with E-state index in [0.717, 1.165) is 0 Å². The summed E-state index contributed by atoms with van der Waals surface area (Å²) in [4.78, 5) is 2.38. The minimum absolute atomic E-state index is 0.283. The molecule has 4 heteroatoms. The van der Waals surface area contributed by atoms with Crippen molar-refractivity contribution in [2.75, 3.05) is 19.6 Å². The van der Waals surface area contributed by atoms with Crippen molar-refractivity contribution < 1.29 is 4.39 Å². The number of hydrogen-bond donors (Lipinski definition) is 1. The van der Waals surface area contributed by atoms with Crippen LogP contribution in [0.4, 0.5) is 4.39 Å². The Kier molecular flexibility index (Phi) is 9.31. The molecule has 1 aromatic carbocycles. The van der Waals surface area contributed by atoms with Crippen molar-refractivity contribution in [3.05, 3.63) is 35.6 Å². The average Bonchev–Trinajstić information content (AvgIpc) is 2.32. The number of nitrogens with zero attached hydrogens (tertiary/aromatic N) is 1. The molecule has 17 heavy (non-hydrogen) atoms. The highest BCUT2D eigenvalue weighted by Gasteiger charge is 1.95. The molecule has 0 spiro atoms. The second-order valence-electron chi connectivity index (χ2n) is 3.44. The number of thiocarbonyl (C=S) groups is 1. The fraction of sp³-hybridized carbons (Fsp3) is 0.462. The highest BCUT2D eigenvalue weighted by atomic mass is 32.1. The first-order valence-corrected chi connectivity index (χ1v) is 6.61. The van der Waals surface area contributed by atoms with Crippen LogP contribution in [0.3, 0.4) is 0 Å². The van der Waals surface area contributed by atoms with Gasteiger partial charge in [-0.15, -0.1) is 12.6 Å². The van der Waals surface area contributed by atoms with E-state index in [1.807, 2.05) is 0 Å². The van der Waals surface area contributed by atoms with Gasteiger partial charge >= 0.3 is 0 Å². The van der Waals surface area contributed by atoms with Crippen molar-refractivity contribution in [3.8, 4) is 0 Å². The lowest BCUT2D eigenvalue weighted by atomic mass is 10.2. The predicted octanol–water partition coefficient (Wildman–Crippen LogP) is 3.78. The third-order valence-electron chi connectivity index (χ3n) is 2.41. The van der Waals surface area contributed by atoms with Gasteiger partial charge in [-0.2, -0.15) is 0 Å². The van der Waals surface area contributed by atoms with Crippen LogP contribution in [0.25, 0.3) is 0 Å². The van der Waals surface area contributed by atoms with Gasteiger partial charge in [0.1, 0.15) is 5.82 Å². The van der Waals surface area contributed by atoms with Crippen LogP contribution in [0.5, 0.6) is 0 Å². The van der Waals surface area contributed by atoms with Crippen LogP contribution in [0.2, 0.25) is 0 Å². The van der Waals surface area contributed by atoms with Gasteiger partial charge in [0, 0.05) is 5.56 Å². The van der Waals surface area contributed by atoms with Crippen LogP contribution < -0.4 is 0 Å². The summed E-state index contributed by atoms with van der Waals surface area (Å²) in [6.45, 7) is 10.1. The van der Waals surface area contributed by atoms with Crippen molar-refractivity contribution >= 4 is 29.0 Å². The lowest BCUT2D eigenvalue weighted by molar-refractivity contribution is 0.321. The van der Waals surface area contributed by atoms with E-state index in [1.165, 1.54) is 31.8 Å². The van der Waals surface area contributed by atoms with Crippen molar-refractivity contribution in [1.82, 2.24) is 4.90 Å². The lowest BCUT2D eigenvalue weighted by Crippen LogP contribution is -2.21. The molecule has 0 bridgehead atoms. The van der Waals surface area contributed by atoms with Crippen molar-refractivity contribution in [3.63, 3.8) is 0 Å². The second-order valence-corrected chi connectivity index (χ2v) is 4.59. The Labute approximate surface area is 114 Å². The van der Waals surface area contributed by atoms with Gasteiger partial charge < -0.3 is 4.90 Å². The molecule has 0 aromatic heterocycles. The first kappa shape index (κ1) is 16.6. The molecule has 0 radical (unpaired) electrons. The third-order valence-corrected chi connectivity index (χ3v) is 2.91. The molecule has 96 valence electrons. The number of halogens is 1. The van der Waals surface area contributed by atoms with E-state index >= 15 is 0 Å². The van der Waals surface area contributed by atoms with Gasteiger partial charge in [-0.05, 0) is 31.8 Å². The topological polar surface area (TPSA) is 3.24 Å². The lowest BCUT2D eigenvalue weighted by Gasteiger charge is -2.13. The van der Waals surface area contributed by atoms with Gasteiger partial charge in [0.05, 0.1) is 4.20 Å². The highest BCUT2D eigenvalue weighted by Crippen LogP contribution is 2.06. The molecule has 0 saturated heterocycles. The Morgan fingerprint density at radius 1 is 1.24 bits per heavy atom. The van der Waals surface area contributed by atoms with Crippen molar-refractivity contribution in [1.29, 1.82) is 0 Å². The van der Waals surface area contributed by atoms with E-state index in [4.69, 9.17) is 12.2 Å². The van der Waals surface area contributed by atoms with E-state index in [9.17, 15) is 4.39 Å². The summed E-state index contributed by atoms with van der Waals surface area (Å²) in [7, 11) is 0. The van der Waals surface area contributed by atoms with E-state index in [-0.39, 0.29) is 5.82 Å². The first-order chi connectivity index (χ1) is 8.04. The van der Waals surface area contributed by atoms with Crippen LogP contribution in [-0.2, 0) is 0 Å². The summed E-state index contributed by atoms with van der Waals surface area (Å²) < 4.78 is 12.9. The number of thiol groups is 1. The SMILES string of the molecule is CCN(CC)CC.Fc1cccc(C(=S)S)c1. The molecule has 0 atom stereocenters. The maximum absolute atomic E-state index is 12.4. The summed E-state index contributed by atoms with van der Waals surface area (Å²) in [5, 5.41) is 0. The largest absolute Gasteiger partial charge is 0.304 e. The van der Waals surface area contributed by atoms with Crippen LogP contribution in [0, 0.1) is 5.82 Å². The zero-order valence-electron chi connectivity index (χ0n) is 10.6. The number of hydrogen-bond acceptors (Lipinski definition) is 2. The molecule has 0 N–H and O–H groups in total. The van der Waals surface area contributed by atoms with E-state index < -0.39 is 0 Å².